The first-order valence-corrected chi connectivity index (χ1v) is 6.33. The van der Waals surface area contributed by atoms with Crippen LogP contribution in [0.3, 0.4) is 0 Å². The Labute approximate surface area is 105 Å². The average Bonchev–Trinajstić information content (AvgIpc) is 2.22. The summed E-state index contributed by atoms with van der Waals surface area (Å²) in [5, 5.41) is 0. The highest BCUT2D eigenvalue weighted by Crippen LogP contribution is 2.16. The minimum atomic E-state index is -0.256. The van der Waals surface area contributed by atoms with Gasteiger partial charge in [-0.15, -0.1) is 0 Å². The summed E-state index contributed by atoms with van der Waals surface area (Å²) in [6.07, 6.45) is 0.672. The highest BCUT2D eigenvalue weighted by Gasteiger charge is 2.17. The van der Waals surface area contributed by atoms with E-state index in [1.165, 1.54) is 16.7 Å². The fourth-order valence-corrected chi connectivity index (χ4v) is 2.06. The Balaban J connectivity index is 2.69. The quantitative estimate of drug-likeness (QED) is 0.627. The van der Waals surface area contributed by atoms with E-state index in [1.54, 1.807) is 0 Å². The Morgan fingerprint density at radius 1 is 1.44 bits per heavy atom. The van der Waals surface area contributed by atoms with Gasteiger partial charge in [0.15, 0.2) is 0 Å². The third kappa shape index (κ3) is 3.63. The second-order valence-electron chi connectivity index (χ2n) is 3.85. The van der Waals surface area contributed by atoms with Gasteiger partial charge in [0.2, 0.25) is 0 Å². The molecule has 3 heteroatoms. The van der Waals surface area contributed by atoms with Crippen molar-refractivity contribution >= 4 is 21.9 Å². The first kappa shape index (κ1) is 13.2. The summed E-state index contributed by atoms with van der Waals surface area (Å²) < 4.78 is 4.95. The fourth-order valence-electron chi connectivity index (χ4n) is 1.58. The molecule has 1 unspecified atom stereocenters. The molecule has 0 bridgehead atoms. The fraction of sp³-hybridized carbons (Fsp3) is 0.462. The minimum absolute atomic E-state index is 0.192. The van der Waals surface area contributed by atoms with Crippen LogP contribution in [0, 0.1) is 13.8 Å². The summed E-state index contributed by atoms with van der Waals surface area (Å²) in [5.74, 6) is -0.192. The SMILES string of the molecule is CCOC(=O)C(Br)Cc1ccc(C)cc1C. The van der Waals surface area contributed by atoms with Crippen LogP contribution in [0.5, 0.6) is 0 Å². The molecule has 0 aliphatic carbocycles. The molecular weight excluding hydrogens is 268 g/mol. The van der Waals surface area contributed by atoms with E-state index < -0.39 is 0 Å². The number of rotatable bonds is 4. The number of benzene rings is 1. The molecule has 88 valence electrons. The van der Waals surface area contributed by atoms with E-state index in [1.807, 2.05) is 6.92 Å². The number of ether oxygens (including phenoxy) is 1. The number of carbonyl (C=O) groups is 1. The lowest BCUT2D eigenvalue weighted by molar-refractivity contribution is -0.142. The molecule has 1 rings (SSSR count). The van der Waals surface area contributed by atoms with Crippen LogP contribution in [0.2, 0.25) is 0 Å². The molecule has 0 N–H and O–H groups in total. The van der Waals surface area contributed by atoms with E-state index in [9.17, 15) is 4.79 Å². The molecule has 0 radical (unpaired) electrons. The van der Waals surface area contributed by atoms with Crippen LogP contribution in [-0.4, -0.2) is 17.4 Å². The van der Waals surface area contributed by atoms with Crippen molar-refractivity contribution in [3.05, 3.63) is 34.9 Å². The lowest BCUT2D eigenvalue weighted by Crippen LogP contribution is -2.20. The number of esters is 1. The van der Waals surface area contributed by atoms with Gasteiger partial charge in [-0.05, 0) is 38.3 Å². The Morgan fingerprint density at radius 2 is 2.12 bits per heavy atom. The molecule has 2 nitrogen and oxygen atoms in total. The second-order valence-corrected chi connectivity index (χ2v) is 4.96. The third-order valence-corrected chi connectivity index (χ3v) is 3.14. The molecule has 0 fully saturated rings. The maximum Gasteiger partial charge on any atom is 0.320 e. The van der Waals surface area contributed by atoms with Gasteiger partial charge >= 0.3 is 5.97 Å². The predicted molar refractivity (Wildman–Crippen MR) is 69.0 cm³/mol. The molecule has 16 heavy (non-hydrogen) atoms. The summed E-state index contributed by atoms with van der Waals surface area (Å²) in [7, 11) is 0. The van der Waals surface area contributed by atoms with E-state index in [2.05, 4.69) is 48.0 Å². The highest BCUT2D eigenvalue weighted by atomic mass is 79.9. The second kappa shape index (κ2) is 6.04. The standard InChI is InChI=1S/C13H17BrO2/c1-4-16-13(15)12(14)8-11-6-5-9(2)7-10(11)3/h5-7,12H,4,8H2,1-3H3. The molecule has 0 aliphatic rings. The smallest absolute Gasteiger partial charge is 0.320 e. The average molecular weight is 285 g/mol. The first-order valence-electron chi connectivity index (χ1n) is 5.41. The molecule has 0 aliphatic heterocycles. The van der Waals surface area contributed by atoms with Crippen LogP contribution in [0.15, 0.2) is 18.2 Å². The van der Waals surface area contributed by atoms with Crippen molar-refractivity contribution in [2.24, 2.45) is 0 Å². The lowest BCUT2D eigenvalue weighted by atomic mass is 10.0. The Kier molecular flexibility index (Phi) is 5.00. The minimum Gasteiger partial charge on any atom is -0.465 e. The van der Waals surface area contributed by atoms with Crippen LogP contribution in [0.25, 0.3) is 0 Å². The molecule has 1 atom stereocenters. The van der Waals surface area contributed by atoms with Crippen molar-refractivity contribution in [3.63, 3.8) is 0 Å². The third-order valence-electron chi connectivity index (χ3n) is 2.44. The van der Waals surface area contributed by atoms with Gasteiger partial charge in [-0.1, -0.05) is 39.7 Å². The van der Waals surface area contributed by atoms with Gasteiger partial charge in [0.25, 0.3) is 0 Å². The van der Waals surface area contributed by atoms with Crippen molar-refractivity contribution in [2.45, 2.75) is 32.0 Å². The van der Waals surface area contributed by atoms with Gasteiger partial charge in [-0.3, -0.25) is 4.79 Å². The summed E-state index contributed by atoms with van der Waals surface area (Å²) >= 11 is 3.36. The lowest BCUT2D eigenvalue weighted by Gasteiger charge is -2.11. The molecular formula is C13H17BrO2. The first-order chi connectivity index (χ1) is 7.54. The van der Waals surface area contributed by atoms with Crippen LogP contribution in [0.1, 0.15) is 23.6 Å². The number of hydrogen-bond donors (Lipinski definition) is 0. The molecule has 0 aromatic heterocycles. The van der Waals surface area contributed by atoms with Crippen molar-refractivity contribution in [3.8, 4) is 0 Å². The Bertz CT molecular complexity index is 374. The van der Waals surface area contributed by atoms with Gasteiger partial charge in [-0.25, -0.2) is 0 Å². The van der Waals surface area contributed by atoms with Gasteiger partial charge in [0.1, 0.15) is 4.83 Å². The van der Waals surface area contributed by atoms with Crippen molar-refractivity contribution in [1.29, 1.82) is 0 Å². The van der Waals surface area contributed by atoms with Crippen LogP contribution in [-0.2, 0) is 16.0 Å². The van der Waals surface area contributed by atoms with Crippen LogP contribution >= 0.6 is 15.9 Å². The summed E-state index contributed by atoms with van der Waals surface area (Å²) in [6.45, 7) is 6.36. The number of hydrogen-bond acceptors (Lipinski definition) is 2. The molecule has 0 amide bonds. The molecule has 1 aromatic carbocycles. The van der Waals surface area contributed by atoms with Crippen LogP contribution < -0.4 is 0 Å². The summed E-state index contributed by atoms with van der Waals surface area (Å²) in [6, 6.07) is 6.26. The zero-order chi connectivity index (χ0) is 12.1. The Morgan fingerprint density at radius 3 is 2.69 bits per heavy atom. The van der Waals surface area contributed by atoms with E-state index in [4.69, 9.17) is 4.74 Å². The molecule has 0 spiro atoms. The largest absolute Gasteiger partial charge is 0.465 e. The van der Waals surface area contributed by atoms with E-state index in [-0.39, 0.29) is 10.8 Å². The van der Waals surface area contributed by atoms with Crippen LogP contribution in [0.4, 0.5) is 0 Å². The van der Waals surface area contributed by atoms with E-state index in [0.717, 1.165) is 0 Å². The zero-order valence-electron chi connectivity index (χ0n) is 9.92. The normalized spacial score (nSPS) is 12.2. The van der Waals surface area contributed by atoms with Crippen molar-refractivity contribution in [2.75, 3.05) is 6.61 Å². The molecule has 0 saturated carbocycles. The topological polar surface area (TPSA) is 26.3 Å². The monoisotopic (exact) mass is 284 g/mol. The van der Waals surface area contributed by atoms with Gasteiger partial charge in [-0.2, -0.15) is 0 Å². The summed E-state index contributed by atoms with van der Waals surface area (Å²) in [5.41, 5.74) is 3.64. The number of alkyl halides is 1. The Hall–Kier alpha value is -0.830. The maximum atomic E-state index is 11.5. The van der Waals surface area contributed by atoms with Gasteiger partial charge in [0, 0.05) is 0 Å². The maximum absolute atomic E-state index is 11.5. The van der Waals surface area contributed by atoms with Gasteiger partial charge < -0.3 is 4.74 Å². The molecule has 0 saturated heterocycles. The highest BCUT2D eigenvalue weighted by molar-refractivity contribution is 9.10. The molecule has 0 heterocycles. The zero-order valence-corrected chi connectivity index (χ0v) is 11.5. The predicted octanol–water partition coefficient (Wildman–Crippen LogP) is 3.17. The number of carbonyl (C=O) groups excluding carboxylic acids is 1. The molecule has 1 aromatic rings. The van der Waals surface area contributed by atoms with E-state index >= 15 is 0 Å². The van der Waals surface area contributed by atoms with E-state index in [0.29, 0.717) is 13.0 Å². The van der Waals surface area contributed by atoms with Crippen molar-refractivity contribution in [1.82, 2.24) is 0 Å². The van der Waals surface area contributed by atoms with Crippen molar-refractivity contribution < 1.29 is 9.53 Å². The summed E-state index contributed by atoms with van der Waals surface area (Å²) in [4.78, 5) is 11.2. The number of halogens is 1. The van der Waals surface area contributed by atoms with Gasteiger partial charge in [0.05, 0.1) is 6.61 Å². The number of aryl methyl sites for hydroxylation is 2.